The first-order valence-electron chi connectivity index (χ1n) is 8.06. The van der Waals surface area contributed by atoms with Gasteiger partial charge in [0.05, 0.1) is 14.2 Å². The lowest BCUT2D eigenvalue weighted by atomic mass is 9.97. The predicted octanol–water partition coefficient (Wildman–Crippen LogP) is 2.88. The highest BCUT2D eigenvalue weighted by molar-refractivity contribution is 7.99. The molecule has 0 saturated carbocycles. The van der Waals surface area contributed by atoms with Crippen molar-refractivity contribution in [3.05, 3.63) is 56.9 Å². The monoisotopic (exact) mass is 359 g/mol. The highest BCUT2D eigenvalue weighted by Crippen LogP contribution is 2.41. The Bertz CT molecular complexity index is 888. The molecule has 6 heteroatoms. The standard InChI is InChI=1S/C19H21NO4S/c1-11-6-5-7-13(12(11)2)8-14-9-16(21)20-15(19(22)24-4)10-25-18(20)17(14)23-3/h5-7,9,15H,8,10H2,1-4H3/t15-/m0/s1. The SMILES string of the molecule is COC(=O)[C@@H]1CSc2c(OC)c(Cc3cccc(C)c3C)cc(=O)n21. The molecule has 1 aliphatic rings. The second-order valence-electron chi connectivity index (χ2n) is 6.10. The van der Waals surface area contributed by atoms with Gasteiger partial charge >= 0.3 is 5.97 Å². The van der Waals surface area contributed by atoms with Crippen LogP contribution in [0.5, 0.6) is 5.75 Å². The first kappa shape index (κ1) is 17.6. The average Bonchev–Trinajstić information content (AvgIpc) is 3.04. The second kappa shape index (κ2) is 6.96. The number of aryl methyl sites for hydroxylation is 1. The van der Waals surface area contributed by atoms with Gasteiger partial charge in [-0.1, -0.05) is 18.2 Å². The number of carbonyl (C=O) groups excluding carboxylic acids is 1. The van der Waals surface area contributed by atoms with Gasteiger partial charge in [0.15, 0.2) is 5.75 Å². The summed E-state index contributed by atoms with van der Waals surface area (Å²) in [4.78, 5) is 24.6. The zero-order valence-corrected chi connectivity index (χ0v) is 15.6. The van der Waals surface area contributed by atoms with E-state index in [4.69, 9.17) is 9.47 Å². The Kier molecular flexibility index (Phi) is 4.90. The molecular weight excluding hydrogens is 338 g/mol. The maximum Gasteiger partial charge on any atom is 0.329 e. The molecule has 1 aliphatic heterocycles. The van der Waals surface area contributed by atoms with Gasteiger partial charge in [0, 0.05) is 23.8 Å². The smallest absolute Gasteiger partial charge is 0.329 e. The molecule has 0 amide bonds. The summed E-state index contributed by atoms with van der Waals surface area (Å²) in [5, 5.41) is 0.700. The second-order valence-corrected chi connectivity index (χ2v) is 7.11. The fourth-order valence-corrected chi connectivity index (χ4v) is 4.46. The van der Waals surface area contributed by atoms with Gasteiger partial charge in [-0.3, -0.25) is 9.36 Å². The summed E-state index contributed by atoms with van der Waals surface area (Å²) in [6.07, 6.45) is 0.614. The summed E-state index contributed by atoms with van der Waals surface area (Å²) in [5.74, 6) is 0.736. The number of ether oxygens (including phenoxy) is 2. The normalized spacial score (nSPS) is 15.8. The maximum absolute atomic E-state index is 12.7. The average molecular weight is 359 g/mol. The molecule has 0 aliphatic carbocycles. The molecular formula is C19H21NO4S. The Morgan fingerprint density at radius 2 is 2.04 bits per heavy atom. The van der Waals surface area contributed by atoms with E-state index in [1.165, 1.54) is 34.6 Å². The number of benzene rings is 1. The van der Waals surface area contributed by atoms with Crippen LogP contribution in [0.1, 0.15) is 28.3 Å². The molecule has 3 rings (SSSR count). The van der Waals surface area contributed by atoms with Gasteiger partial charge in [0.1, 0.15) is 11.1 Å². The minimum atomic E-state index is -0.596. The van der Waals surface area contributed by atoms with Crippen LogP contribution in [0.4, 0.5) is 0 Å². The van der Waals surface area contributed by atoms with E-state index in [1.54, 1.807) is 13.2 Å². The van der Waals surface area contributed by atoms with Gasteiger partial charge < -0.3 is 9.47 Å². The van der Waals surface area contributed by atoms with E-state index in [-0.39, 0.29) is 5.56 Å². The molecule has 0 bridgehead atoms. The third-order valence-corrected chi connectivity index (χ3v) is 5.84. The fourth-order valence-electron chi connectivity index (χ4n) is 3.16. The highest BCUT2D eigenvalue weighted by atomic mass is 32.2. The number of aromatic nitrogens is 1. The number of hydrogen-bond acceptors (Lipinski definition) is 5. The zero-order valence-electron chi connectivity index (χ0n) is 14.8. The summed E-state index contributed by atoms with van der Waals surface area (Å²) in [6.45, 7) is 4.16. The number of thioether (sulfide) groups is 1. The van der Waals surface area contributed by atoms with Gasteiger partial charge in [-0.2, -0.15) is 0 Å². The van der Waals surface area contributed by atoms with Crippen molar-refractivity contribution in [2.75, 3.05) is 20.0 Å². The number of methoxy groups -OCH3 is 2. The fraction of sp³-hybridized carbons (Fsp3) is 0.368. The molecule has 5 nitrogen and oxygen atoms in total. The number of nitrogens with zero attached hydrogens (tertiary/aromatic N) is 1. The number of hydrogen-bond donors (Lipinski definition) is 0. The van der Waals surface area contributed by atoms with Crippen molar-refractivity contribution in [1.29, 1.82) is 0 Å². The summed E-state index contributed by atoms with van der Waals surface area (Å²) in [7, 11) is 2.93. The number of rotatable bonds is 4. The summed E-state index contributed by atoms with van der Waals surface area (Å²) in [5.41, 5.74) is 4.23. The highest BCUT2D eigenvalue weighted by Gasteiger charge is 2.34. The van der Waals surface area contributed by atoms with Crippen LogP contribution in [0.3, 0.4) is 0 Å². The van der Waals surface area contributed by atoms with E-state index in [1.807, 2.05) is 6.07 Å². The summed E-state index contributed by atoms with van der Waals surface area (Å²) < 4.78 is 11.9. The van der Waals surface area contributed by atoms with Crippen molar-refractivity contribution in [2.24, 2.45) is 0 Å². The number of pyridine rings is 1. The van der Waals surface area contributed by atoms with E-state index in [0.717, 1.165) is 11.1 Å². The van der Waals surface area contributed by atoms with Crippen molar-refractivity contribution in [2.45, 2.75) is 31.3 Å². The lowest BCUT2D eigenvalue weighted by molar-refractivity contribution is -0.143. The molecule has 0 radical (unpaired) electrons. The third-order valence-electron chi connectivity index (χ3n) is 4.70. The largest absolute Gasteiger partial charge is 0.494 e. The van der Waals surface area contributed by atoms with Crippen LogP contribution in [-0.4, -0.2) is 30.5 Å². The van der Waals surface area contributed by atoms with E-state index >= 15 is 0 Å². The van der Waals surface area contributed by atoms with Gasteiger partial charge in [-0.25, -0.2) is 4.79 Å². The lowest BCUT2D eigenvalue weighted by Gasteiger charge is -2.17. The molecule has 0 unspecified atom stereocenters. The third kappa shape index (κ3) is 3.06. The lowest BCUT2D eigenvalue weighted by Crippen LogP contribution is -2.29. The number of fused-ring (bicyclic) bond motifs is 1. The Morgan fingerprint density at radius 3 is 2.72 bits per heavy atom. The molecule has 2 aromatic rings. The number of esters is 1. The first-order valence-corrected chi connectivity index (χ1v) is 9.04. The van der Waals surface area contributed by atoms with Crippen molar-refractivity contribution in [3.63, 3.8) is 0 Å². The minimum absolute atomic E-state index is 0.198. The molecule has 25 heavy (non-hydrogen) atoms. The number of carbonyl (C=O) groups is 1. The molecule has 0 fully saturated rings. The molecule has 1 aromatic heterocycles. The Morgan fingerprint density at radius 1 is 1.28 bits per heavy atom. The molecule has 1 aromatic carbocycles. The minimum Gasteiger partial charge on any atom is -0.494 e. The van der Waals surface area contributed by atoms with Crippen molar-refractivity contribution < 1.29 is 14.3 Å². The molecule has 0 spiro atoms. The van der Waals surface area contributed by atoms with E-state index in [9.17, 15) is 9.59 Å². The zero-order chi connectivity index (χ0) is 18.1. The van der Waals surface area contributed by atoms with E-state index in [0.29, 0.717) is 22.9 Å². The van der Waals surface area contributed by atoms with Gasteiger partial charge in [0.2, 0.25) is 0 Å². The van der Waals surface area contributed by atoms with Crippen LogP contribution < -0.4 is 10.3 Å². The van der Waals surface area contributed by atoms with Crippen LogP contribution in [0, 0.1) is 13.8 Å². The van der Waals surface area contributed by atoms with Crippen LogP contribution in [0.25, 0.3) is 0 Å². The van der Waals surface area contributed by atoms with Crippen molar-refractivity contribution >= 4 is 17.7 Å². The van der Waals surface area contributed by atoms with Crippen LogP contribution >= 0.6 is 11.8 Å². The molecule has 2 heterocycles. The Labute approximate surface area is 151 Å². The summed E-state index contributed by atoms with van der Waals surface area (Å²) >= 11 is 1.45. The Hall–Kier alpha value is -2.21. The molecule has 1 atom stereocenters. The van der Waals surface area contributed by atoms with Gasteiger partial charge in [-0.15, -0.1) is 11.8 Å². The van der Waals surface area contributed by atoms with Gasteiger partial charge in [0.25, 0.3) is 5.56 Å². The van der Waals surface area contributed by atoms with Crippen LogP contribution in [0.2, 0.25) is 0 Å². The maximum atomic E-state index is 12.7. The van der Waals surface area contributed by atoms with E-state index in [2.05, 4.69) is 26.0 Å². The van der Waals surface area contributed by atoms with Crippen molar-refractivity contribution in [1.82, 2.24) is 4.57 Å². The van der Waals surface area contributed by atoms with Gasteiger partial charge in [-0.05, 0) is 30.5 Å². The first-order chi connectivity index (χ1) is 12.0. The Balaban J connectivity index is 2.09. The van der Waals surface area contributed by atoms with E-state index < -0.39 is 12.0 Å². The molecule has 0 saturated heterocycles. The summed E-state index contributed by atoms with van der Waals surface area (Å²) in [6, 6.07) is 7.14. The van der Waals surface area contributed by atoms with Crippen LogP contribution in [0.15, 0.2) is 34.1 Å². The molecule has 132 valence electrons. The topological polar surface area (TPSA) is 57.5 Å². The van der Waals surface area contributed by atoms with Crippen molar-refractivity contribution in [3.8, 4) is 5.75 Å². The quantitative estimate of drug-likeness (QED) is 0.786. The van der Waals surface area contributed by atoms with Crippen LogP contribution in [-0.2, 0) is 16.0 Å². The predicted molar refractivity (Wildman–Crippen MR) is 97.8 cm³/mol. The molecule has 0 N–H and O–H groups in total.